The Hall–Kier alpha value is -1.64. The van der Waals surface area contributed by atoms with Crippen molar-refractivity contribution in [2.45, 2.75) is 109 Å². The highest BCUT2D eigenvalue weighted by atomic mass is 16.7. The summed E-state index contributed by atoms with van der Waals surface area (Å²) in [7, 11) is 0. The van der Waals surface area contributed by atoms with Crippen molar-refractivity contribution in [1.29, 1.82) is 0 Å². The summed E-state index contributed by atoms with van der Waals surface area (Å²) in [6, 6.07) is 22.2. The smallest absolute Gasteiger partial charge is 0.175 e. The Bertz CT molecular complexity index is 766. The summed E-state index contributed by atoms with van der Waals surface area (Å²) in [5.74, 6) is -0.153. The van der Waals surface area contributed by atoms with Crippen LogP contribution in [0.2, 0.25) is 0 Å². The molecule has 1 saturated heterocycles. The molecule has 2 nitrogen and oxygen atoms in total. The van der Waals surface area contributed by atoms with Crippen molar-refractivity contribution >= 4 is 0 Å². The van der Waals surface area contributed by atoms with Gasteiger partial charge in [0.15, 0.2) is 5.79 Å². The van der Waals surface area contributed by atoms with Gasteiger partial charge in [0.2, 0.25) is 0 Å². The molecule has 33 heavy (non-hydrogen) atoms. The number of benzene rings is 2. The van der Waals surface area contributed by atoms with Gasteiger partial charge in [0, 0.05) is 17.8 Å². The predicted molar refractivity (Wildman–Crippen MR) is 137 cm³/mol. The zero-order valence-corrected chi connectivity index (χ0v) is 20.9. The first kappa shape index (κ1) is 24.5. The number of ether oxygens (including phenoxy) is 2. The lowest BCUT2D eigenvalue weighted by Gasteiger charge is -2.46. The summed E-state index contributed by atoms with van der Waals surface area (Å²) in [4.78, 5) is 0. The van der Waals surface area contributed by atoms with Gasteiger partial charge in [0.05, 0.1) is 12.7 Å². The van der Waals surface area contributed by atoms with Crippen LogP contribution in [0, 0.1) is 5.41 Å². The molecule has 1 saturated carbocycles. The van der Waals surface area contributed by atoms with Crippen LogP contribution in [-0.4, -0.2) is 18.5 Å². The van der Waals surface area contributed by atoms with Crippen LogP contribution in [0.1, 0.15) is 108 Å². The van der Waals surface area contributed by atoms with E-state index in [0.29, 0.717) is 5.92 Å². The molecular formula is C31H44O2. The third kappa shape index (κ3) is 5.38. The molecule has 2 aliphatic rings. The Kier molecular flexibility index (Phi) is 8.66. The lowest BCUT2D eigenvalue weighted by molar-refractivity contribution is -0.269. The van der Waals surface area contributed by atoms with E-state index in [1.807, 2.05) is 0 Å². The highest BCUT2D eigenvalue weighted by Gasteiger charge is 2.64. The van der Waals surface area contributed by atoms with Gasteiger partial charge in [0.1, 0.15) is 0 Å². The first-order valence-electron chi connectivity index (χ1n) is 13.6. The van der Waals surface area contributed by atoms with E-state index in [4.69, 9.17) is 9.47 Å². The van der Waals surface area contributed by atoms with E-state index in [1.165, 1.54) is 68.9 Å². The van der Waals surface area contributed by atoms with E-state index < -0.39 is 5.79 Å². The number of rotatable bonds is 13. The standard InChI is InChI=1S/C31H44O2/c1-3-4-5-6-7-8-11-17-26(2)33-31-23-16-22-30(31,24-25-32-31)29(27-18-12-9-13-19-27)28-20-14-10-15-21-28/h9-10,12-15,18-21,26,29H,3-8,11,16-17,22-25H2,1-2H3/t26-,30+,31-/m0/s1. The Morgan fingerprint density at radius 3 is 2.03 bits per heavy atom. The second kappa shape index (κ2) is 11.7. The molecule has 0 bridgehead atoms. The molecule has 2 aromatic rings. The molecular weight excluding hydrogens is 404 g/mol. The molecule has 1 aliphatic carbocycles. The van der Waals surface area contributed by atoms with Crippen LogP contribution in [0.3, 0.4) is 0 Å². The van der Waals surface area contributed by atoms with E-state index >= 15 is 0 Å². The second-order valence-electron chi connectivity index (χ2n) is 10.5. The van der Waals surface area contributed by atoms with Gasteiger partial charge in [0.25, 0.3) is 0 Å². The third-order valence-corrected chi connectivity index (χ3v) is 8.19. The monoisotopic (exact) mass is 448 g/mol. The zero-order chi connectivity index (χ0) is 23.0. The third-order valence-electron chi connectivity index (χ3n) is 8.19. The maximum absolute atomic E-state index is 6.97. The van der Waals surface area contributed by atoms with Gasteiger partial charge in [-0.05, 0) is 43.7 Å². The maximum atomic E-state index is 6.97. The molecule has 180 valence electrons. The predicted octanol–water partition coefficient (Wildman–Crippen LogP) is 8.65. The fourth-order valence-corrected chi connectivity index (χ4v) is 6.62. The molecule has 0 spiro atoms. The van der Waals surface area contributed by atoms with Gasteiger partial charge >= 0.3 is 0 Å². The van der Waals surface area contributed by atoms with Crippen LogP contribution in [0.5, 0.6) is 0 Å². The molecule has 2 heteroatoms. The minimum absolute atomic E-state index is 0.00409. The molecule has 0 aromatic heterocycles. The summed E-state index contributed by atoms with van der Waals surface area (Å²) >= 11 is 0. The van der Waals surface area contributed by atoms with E-state index in [2.05, 4.69) is 74.5 Å². The van der Waals surface area contributed by atoms with Gasteiger partial charge in [-0.15, -0.1) is 0 Å². The van der Waals surface area contributed by atoms with Crippen molar-refractivity contribution in [1.82, 2.24) is 0 Å². The summed E-state index contributed by atoms with van der Waals surface area (Å²) in [5, 5.41) is 0. The van der Waals surface area contributed by atoms with E-state index in [0.717, 1.165) is 25.9 Å². The molecule has 2 aromatic carbocycles. The van der Waals surface area contributed by atoms with Gasteiger partial charge in [-0.1, -0.05) is 113 Å². The van der Waals surface area contributed by atoms with Gasteiger partial charge in [-0.25, -0.2) is 0 Å². The van der Waals surface area contributed by atoms with Crippen LogP contribution in [-0.2, 0) is 9.47 Å². The van der Waals surface area contributed by atoms with Crippen LogP contribution < -0.4 is 0 Å². The minimum Gasteiger partial charge on any atom is -0.349 e. The summed E-state index contributed by atoms with van der Waals surface area (Å²) < 4.78 is 13.6. The quantitative estimate of drug-likeness (QED) is 0.285. The van der Waals surface area contributed by atoms with Crippen molar-refractivity contribution in [2.24, 2.45) is 5.41 Å². The van der Waals surface area contributed by atoms with Crippen molar-refractivity contribution < 1.29 is 9.47 Å². The second-order valence-corrected chi connectivity index (χ2v) is 10.5. The first-order valence-corrected chi connectivity index (χ1v) is 13.6. The maximum Gasteiger partial charge on any atom is 0.175 e. The fourth-order valence-electron chi connectivity index (χ4n) is 6.62. The van der Waals surface area contributed by atoms with Crippen molar-refractivity contribution in [3.05, 3.63) is 71.8 Å². The molecule has 0 unspecified atom stereocenters. The summed E-state index contributed by atoms with van der Waals surface area (Å²) in [5.41, 5.74) is 2.79. The van der Waals surface area contributed by atoms with Gasteiger partial charge in [-0.2, -0.15) is 0 Å². The Labute approximate surface area is 202 Å². The van der Waals surface area contributed by atoms with Crippen LogP contribution in [0.25, 0.3) is 0 Å². The van der Waals surface area contributed by atoms with Gasteiger partial charge in [-0.3, -0.25) is 0 Å². The summed E-state index contributed by atoms with van der Waals surface area (Å²) in [6.45, 7) is 5.36. The first-order chi connectivity index (χ1) is 16.2. The Morgan fingerprint density at radius 2 is 1.39 bits per heavy atom. The highest BCUT2D eigenvalue weighted by molar-refractivity contribution is 5.37. The fraction of sp³-hybridized carbons (Fsp3) is 0.613. The zero-order valence-electron chi connectivity index (χ0n) is 20.9. The molecule has 1 aliphatic heterocycles. The SMILES string of the molecule is CCCCCCCCC[C@H](C)O[C@@]12CCC[C@]1(C(c1ccccc1)c1ccccc1)CCO2. The molecule has 1 heterocycles. The molecule has 0 radical (unpaired) electrons. The number of fused-ring (bicyclic) bond motifs is 1. The Balaban J connectivity index is 1.49. The van der Waals surface area contributed by atoms with Crippen LogP contribution in [0.4, 0.5) is 0 Å². The van der Waals surface area contributed by atoms with E-state index in [9.17, 15) is 0 Å². The molecule has 4 rings (SSSR count). The topological polar surface area (TPSA) is 18.5 Å². The number of hydrogen-bond acceptors (Lipinski definition) is 2. The lowest BCUT2D eigenvalue weighted by atomic mass is 9.64. The minimum atomic E-state index is -0.454. The molecule has 0 amide bonds. The van der Waals surface area contributed by atoms with Crippen molar-refractivity contribution in [2.75, 3.05) is 6.61 Å². The normalized spacial score (nSPS) is 25.4. The van der Waals surface area contributed by atoms with Gasteiger partial charge < -0.3 is 9.47 Å². The van der Waals surface area contributed by atoms with Crippen LogP contribution in [0.15, 0.2) is 60.7 Å². The lowest BCUT2D eigenvalue weighted by Crippen LogP contribution is -2.48. The number of unbranched alkanes of at least 4 members (excludes halogenated alkanes) is 6. The average Bonchev–Trinajstić information content (AvgIpc) is 3.35. The molecule has 3 atom stereocenters. The van der Waals surface area contributed by atoms with Crippen molar-refractivity contribution in [3.63, 3.8) is 0 Å². The number of hydrogen-bond donors (Lipinski definition) is 0. The highest BCUT2D eigenvalue weighted by Crippen LogP contribution is 2.64. The molecule has 0 N–H and O–H groups in total. The van der Waals surface area contributed by atoms with Crippen molar-refractivity contribution in [3.8, 4) is 0 Å². The average molecular weight is 449 g/mol. The van der Waals surface area contributed by atoms with E-state index in [1.54, 1.807) is 0 Å². The molecule has 2 fully saturated rings. The largest absolute Gasteiger partial charge is 0.349 e. The van der Waals surface area contributed by atoms with Crippen LogP contribution >= 0.6 is 0 Å². The summed E-state index contributed by atoms with van der Waals surface area (Å²) in [6.07, 6.45) is 15.2. The van der Waals surface area contributed by atoms with E-state index in [-0.39, 0.29) is 11.5 Å². The Morgan fingerprint density at radius 1 is 0.788 bits per heavy atom.